The lowest BCUT2D eigenvalue weighted by Gasteiger charge is -2.11. The van der Waals surface area contributed by atoms with Gasteiger partial charge in [0, 0.05) is 5.56 Å². The first-order valence-electron chi connectivity index (χ1n) is 8.20. The van der Waals surface area contributed by atoms with Crippen molar-refractivity contribution < 1.29 is 28.2 Å². The van der Waals surface area contributed by atoms with Crippen molar-refractivity contribution in [1.29, 1.82) is 0 Å². The van der Waals surface area contributed by atoms with Crippen LogP contribution in [0.1, 0.15) is 17.3 Å². The number of carbonyl (C=O) groups excluding carboxylic acids is 3. The molecule has 0 spiro atoms. The van der Waals surface area contributed by atoms with Crippen molar-refractivity contribution in [3.05, 3.63) is 59.9 Å². The Balaban J connectivity index is 1.77. The molecule has 142 valence electrons. The summed E-state index contributed by atoms with van der Waals surface area (Å²) >= 11 is 0. The Kier molecular flexibility index (Phi) is 7.30. The second-order valence-corrected chi connectivity index (χ2v) is 5.33. The summed E-state index contributed by atoms with van der Waals surface area (Å²) in [6, 6.07) is 11.9. The van der Waals surface area contributed by atoms with Crippen LogP contribution in [0.25, 0.3) is 0 Å². The van der Waals surface area contributed by atoms with E-state index in [4.69, 9.17) is 9.47 Å². The van der Waals surface area contributed by atoms with Gasteiger partial charge in [-0.3, -0.25) is 14.4 Å². The Labute approximate surface area is 155 Å². The van der Waals surface area contributed by atoms with Crippen LogP contribution in [-0.4, -0.2) is 37.5 Å². The molecule has 0 fully saturated rings. The molecule has 2 amide bonds. The third-order valence-electron chi connectivity index (χ3n) is 3.31. The second kappa shape index (κ2) is 9.91. The van der Waals surface area contributed by atoms with E-state index in [1.807, 2.05) is 6.92 Å². The number of ether oxygens (including phenoxy) is 2. The molecule has 0 atom stereocenters. The van der Waals surface area contributed by atoms with Crippen molar-refractivity contribution >= 4 is 23.5 Å². The fraction of sp³-hybridized carbons (Fsp3) is 0.211. The summed E-state index contributed by atoms with van der Waals surface area (Å²) < 4.78 is 23.3. The zero-order valence-electron chi connectivity index (χ0n) is 14.7. The van der Waals surface area contributed by atoms with Crippen molar-refractivity contribution in [3.63, 3.8) is 0 Å². The number of hydrogen-bond donors (Lipinski definition) is 2. The lowest BCUT2D eigenvalue weighted by atomic mass is 10.2. The van der Waals surface area contributed by atoms with E-state index in [1.165, 1.54) is 18.2 Å². The first-order valence-corrected chi connectivity index (χ1v) is 8.20. The summed E-state index contributed by atoms with van der Waals surface area (Å²) in [7, 11) is 0. The molecule has 0 aliphatic rings. The third kappa shape index (κ3) is 6.43. The highest BCUT2D eigenvalue weighted by molar-refractivity contribution is 5.96. The summed E-state index contributed by atoms with van der Waals surface area (Å²) in [5.74, 6) is -2.03. The van der Waals surface area contributed by atoms with Gasteiger partial charge in [0.1, 0.15) is 18.1 Å². The maximum atomic E-state index is 13.1. The molecule has 0 heterocycles. The van der Waals surface area contributed by atoms with Gasteiger partial charge in [-0.2, -0.15) is 0 Å². The highest BCUT2D eigenvalue weighted by atomic mass is 19.1. The molecular formula is C19H19FN2O5. The Hall–Kier alpha value is -3.42. The number of esters is 1. The molecule has 2 N–H and O–H groups in total. The van der Waals surface area contributed by atoms with E-state index in [1.54, 1.807) is 24.3 Å². The summed E-state index contributed by atoms with van der Waals surface area (Å²) in [6.45, 7) is 1.29. The van der Waals surface area contributed by atoms with Gasteiger partial charge in [0.25, 0.3) is 11.8 Å². The third-order valence-corrected chi connectivity index (χ3v) is 3.31. The smallest absolute Gasteiger partial charge is 0.325 e. The first-order chi connectivity index (χ1) is 13.0. The number of para-hydroxylation sites is 2. The van der Waals surface area contributed by atoms with Crippen LogP contribution in [0.15, 0.2) is 48.5 Å². The Bertz CT molecular complexity index is 825. The second-order valence-electron chi connectivity index (χ2n) is 5.33. The monoisotopic (exact) mass is 374 g/mol. The minimum atomic E-state index is -0.798. The van der Waals surface area contributed by atoms with E-state index in [0.717, 1.165) is 6.07 Å². The minimum Gasteiger partial charge on any atom is -0.492 e. The van der Waals surface area contributed by atoms with Crippen LogP contribution in [0.3, 0.4) is 0 Å². The first kappa shape index (κ1) is 19.9. The topological polar surface area (TPSA) is 93.7 Å². The van der Waals surface area contributed by atoms with E-state index in [-0.39, 0.29) is 5.56 Å². The number of amides is 2. The van der Waals surface area contributed by atoms with Gasteiger partial charge in [-0.1, -0.05) is 18.2 Å². The van der Waals surface area contributed by atoms with Crippen LogP contribution in [0, 0.1) is 5.82 Å². The molecule has 0 unspecified atom stereocenters. The highest BCUT2D eigenvalue weighted by Gasteiger charge is 2.12. The fourth-order valence-corrected chi connectivity index (χ4v) is 2.12. The van der Waals surface area contributed by atoms with Gasteiger partial charge in [-0.15, -0.1) is 0 Å². The quantitative estimate of drug-likeness (QED) is 0.691. The summed E-state index contributed by atoms with van der Waals surface area (Å²) in [6.07, 6.45) is 0. The van der Waals surface area contributed by atoms with Crippen molar-refractivity contribution in [2.45, 2.75) is 6.92 Å². The molecule has 2 aromatic rings. The number of halogens is 1. The van der Waals surface area contributed by atoms with Crippen LogP contribution in [0.4, 0.5) is 10.1 Å². The van der Waals surface area contributed by atoms with E-state index in [9.17, 15) is 18.8 Å². The largest absolute Gasteiger partial charge is 0.492 e. The molecule has 0 aliphatic heterocycles. The van der Waals surface area contributed by atoms with E-state index in [0.29, 0.717) is 18.0 Å². The molecule has 0 saturated heterocycles. The molecule has 0 saturated carbocycles. The highest BCUT2D eigenvalue weighted by Crippen LogP contribution is 2.23. The number of anilines is 1. The SMILES string of the molecule is CCOc1ccccc1NC(=O)COC(=O)CNC(=O)c1cccc(F)c1. The standard InChI is InChI=1S/C19H19FN2O5/c1-2-26-16-9-4-3-8-15(16)22-17(23)12-27-18(24)11-21-19(25)13-6-5-7-14(20)10-13/h3-10H,2,11-12H2,1H3,(H,21,25)(H,22,23). The summed E-state index contributed by atoms with van der Waals surface area (Å²) in [5.41, 5.74) is 0.535. The van der Waals surface area contributed by atoms with Crippen molar-refractivity contribution in [3.8, 4) is 5.75 Å². The molecule has 0 bridgehead atoms. The molecular weight excluding hydrogens is 355 g/mol. The van der Waals surface area contributed by atoms with Crippen LogP contribution in [-0.2, 0) is 14.3 Å². The molecule has 8 heteroatoms. The summed E-state index contributed by atoms with van der Waals surface area (Å²) in [4.78, 5) is 35.4. The average Bonchev–Trinajstić information content (AvgIpc) is 2.66. The normalized spacial score (nSPS) is 10.0. The van der Waals surface area contributed by atoms with Crippen molar-refractivity contribution in [2.24, 2.45) is 0 Å². The molecule has 0 aliphatic carbocycles. The lowest BCUT2D eigenvalue weighted by molar-refractivity contribution is -0.146. The van der Waals surface area contributed by atoms with Crippen LogP contribution < -0.4 is 15.4 Å². The van der Waals surface area contributed by atoms with Gasteiger partial charge in [0.2, 0.25) is 0 Å². The van der Waals surface area contributed by atoms with E-state index >= 15 is 0 Å². The lowest BCUT2D eigenvalue weighted by Crippen LogP contribution is -2.32. The maximum absolute atomic E-state index is 13.1. The van der Waals surface area contributed by atoms with Gasteiger partial charge in [0.15, 0.2) is 6.61 Å². The molecule has 0 aromatic heterocycles. The van der Waals surface area contributed by atoms with Crippen molar-refractivity contribution in [2.75, 3.05) is 25.1 Å². The maximum Gasteiger partial charge on any atom is 0.325 e. The minimum absolute atomic E-state index is 0.0769. The van der Waals surface area contributed by atoms with Gasteiger partial charge < -0.3 is 20.1 Å². The van der Waals surface area contributed by atoms with E-state index in [2.05, 4.69) is 10.6 Å². The molecule has 7 nitrogen and oxygen atoms in total. The van der Waals surface area contributed by atoms with Gasteiger partial charge in [-0.05, 0) is 37.3 Å². The molecule has 27 heavy (non-hydrogen) atoms. The van der Waals surface area contributed by atoms with Crippen LogP contribution >= 0.6 is 0 Å². The Morgan fingerprint density at radius 3 is 2.59 bits per heavy atom. The molecule has 2 aromatic carbocycles. The molecule has 2 rings (SSSR count). The van der Waals surface area contributed by atoms with Crippen LogP contribution in [0.2, 0.25) is 0 Å². The number of hydrogen-bond acceptors (Lipinski definition) is 5. The van der Waals surface area contributed by atoms with Crippen LogP contribution in [0.5, 0.6) is 5.75 Å². The van der Waals surface area contributed by atoms with Gasteiger partial charge >= 0.3 is 5.97 Å². The van der Waals surface area contributed by atoms with Crippen molar-refractivity contribution in [1.82, 2.24) is 5.32 Å². The average molecular weight is 374 g/mol. The number of nitrogens with one attached hydrogen (secondary N) is 2. The Morgan fingerprint density at radius 2 is 1.85 bits per heavy atom. The number of benzene rings is 2. The fourth-order valence-electron chi connectivity index (χ4n) is 2.12. The molecule has 0 radical (unpaired) electrons. The zero-order chi connectivity index (χ0) is 19.6. The number of rotatable bonds is 8. The van der Waals surface area contributed by atoms with Gasteiger partial charge in [-0.25, -0.2) is 4.39 Å². The Morgan fingerprint density at radius 1 is 1.07 bits per heavy atom. The zero-order valence-corrected chi connectivity index (χ0v) is 14.7. The van der Waals surface area contributed by atoms with E-state index < -0.39 is 36.8 Å². The predicted molar refractivity (Wildman–Crippen MR) is 95.9 cm³/mol. The van der Waals surface area contributed by atoms with Gasteiger partial charge in [0.05, 0.1) is 12.3 Å². The number of carbonyl (C=O) groups is 3. The summed E-state index contributed by atoms with van der Waals surface area (Å²) in [5, 5.41) is 4.87. The predicted octanol–water partition coefficient (Wildman–Crippen LogP) is 2.14.